The minimum absolute atomic E-state index is 0.0753. The summed E-state index contributed by atoms with van der Waals surface area (Å²) in [4.78, 5) is 26.1. The molecule has 2 unspecified atom stereocenters. The number of anilines is 1. The molecular formula is C30H36N2O4. The van der Waals surface area contributed by atoms with Gasteiger partial charge in [-0.25, -0.2) is 0 Å². The van der Waals surface area contributed by atoms with Gasteiger partial charge in [0, 0.05) is 11.6 Å². The molecular weight excluding hydrogens is 452 g/mol. The number of nitrogens with one attached hydrogen (secondary N) is 2. The zero-order valence-electron chi connectivity index (χ0n) is 21.1. The van der Waals surface area contributed by atoms with E-state index < -0.39 is 6.04 Å². The number of ether oxygens (including phenoxy) is 2. The van der Waals surface area contributed by atoms with Crippen molar-refractivity contribution in [2.75, 3.05) is 11.9 Å². The highest BCUT2D eigenvalue weighted by Gasteiger charge is 2.25. The molecule has 0 aliphatic heterocycles. The summed E-state index contributed by atoms with van der Waals surface area (Å²) in [6.45, 7) is 4.54. The van der Waals surface area contributed by atoms with Gasteiger partial charge in [-0.1, -0.05) is 75.2 Å². The molecule has 36 heavy (non-hydrogen) atoms. The van der Waals surface area contributed by atoms with Crippen molar-refractivity contribution in [3.05, 3.63) is 90.5 Å². The topological polar surface area (TPSA) is 76.7 Å². The molecule has 0 fully saturated rings. The van der Waals surface area contributed by atoms with Gasteiger partial charge < -0.3 is 20.1 Å². The number of carbonyl (C=O) groups excluding carboxylic acids is 2. The van der Waals surface area contributed by atoms with Gasteiger partial charge in [-0.2, -0.15) is 0 Å². The second-order valence-electron chi connectivity index (χ2n) is 8.74. The lowest BCUT2D eigenvalue weighted by molar-refractivity contribution is -0.130. The van der Waals surface area contributed by atoms with Gasteiger partial charge in [-0.05, 0) is 54.8 Å². The fraction of sp³-hybridized carbons (Fsp3) is 0.333. The zero-order valence-corrected chi connectivity index (χ0v) is 21.1. The average molecular weight is 489 g/mol. The number of amides is 2. The Morgan fingerprint density at radius 2 is 1.44 bits per heavy atom. The van der Waals surface area contributed by atoms with Crippen LogP contribution in [0.4, 0.5) is 5.69 Å². The normalized spacial score (nSPS) is 12.4. The molecule has 190 valence electrons. The lowest BCUT2D eigenvalue weighted by Gasteiger charge is -2.22. The molecule has 0 aromatic heterocycles. The molecule has 0 spiro atoms. The van der Waals surface area contributed by atoms with Gasteiger partial charge in [0.25, 0.3) is 0 Å². The van der Waals surface area contributed by atoms with Crippen LogP contribution in [0.15, 0.2) is 84.9 Å². The molecule has 2 N–H and O–H groups in total. The summed E-state index contributed by atoms with van der Waals surface area (Å²) in [6.07, 6.45) is 3.54. The molecule has 3 aromatic rings. The highest BCUT2D eigenvalue weighted by Crippen LogP contribution is 2.23. The van der Waals surface area contributed by atoms with Crippen LogP contribution < -0.4 is 15.4 Å². The Bertz CT molecular complexity index is 1060. The van der Waals surface area contributed by atoms with Crippen LogP contribution in [0.25, 0.3) is 0 Å². The number of rotatable bonds is 14. The summed E-state index contributed by atoms with van der Waals surface area (Å²) in [7, 11) is 0. The Hall–Kier alpha value is -3.64. The van der Waals surface area contributed by atoms with Crippen molar-refractivity contribution in [3.8, 4) is 11.5 Å². The number of carbonyl (C=O) groups is 2. The van der Waals surface area contributed by atoms with Gasteiger partial charge in [0.1, 0.15) is 17.5 Å². The Morgan fingerprint density at radius 3 is 2.08 bits per heavy atom. The van der Waals surface area contributed by atoms with Crippen molar-refractivity contribution < 1.29 is 19.1 Å². The fourth-order valence-corrected chi connectivity index (χ4v) is 3.77. The average Bonchev–Trinajstić information content (AvgIpc) is 2.91. The van der Waals surface area contributed by atoms with Gasteiger partial charge >= 0.3 is 0 Å². The van der Waals surface area contributed by atoms with E-state index in [0.29, 0.717) is 18.0 Å². The van der Waals surface area contributed by atoms with Gasteiger partial charge in [0.2, 0.25) is 11.8 Å². The molecule has 3 rings (SSSR count). The van der Waals surface area contributed by atoms with Crippen LogP contribution in [0.2, 0.25) is 0 Å². The smallest absolute Gasteiger partial charge is 0.249 e. The molecule has 0 aliphatic rings. The summed E-state index contributed by atoms with van der Waals surface area (Å²) in [5.74, 6) is 0.849. The van der Waals surface area contributed by atoms with Crippen molar-refractivity contribution >= 4 is 17.5 Å². The van der Waals surface area contributed by atoms with Crippen molar-refractivity contribution in [2.45, 2.75) is 52.2 Å². The minimum atomic E-state index is -0.808. The van der Waals surface area contributed by atoms with E-state index in [-0.39, 0.29) is 24.3 Å². The summed E-state index contributed by atoms with van der Waals surface area (Å²) >= 11 is 0. The van der Waals surface area contributed by atoms with Crippen LogP contribution in [-0.4, -0.2) is 24.5 Å². The first-order chi connectivity index (χ1) is 17.6. The third-order valence-corrected chi connectivity index (χ3v) is 5.90. The summed E-state index contributed by atoms with van der Waals surface area (Å²) in [5.41, 5.74) is 1.62. The molecule has 6 heteroatoms. The number of unbranched alkanes of at least 4 members (excludes halogenated alkanes) is 1. The number of hydrogen-bond donors (Lipinski definition) is 2. The van der Waals surface area contributed by atoms with E-state index in [1.54, 1.807) is 24.3 Å². The first kappa shape index (κ1) is 27.0. The highest BCUT2D eigenvalue weighted by atomic mass is 16.5. The maximum Gasteiger partial charge on any atom is 0.249 e. The number of benzene rings is 3. The predicted molar refractivity (Wildman–Crippen MR) is 143 cm³/mol. The Morgan fingerprint density at radius 1 is 0.806 bits per heavy atom. The number of para-hydroxylation sites is 1. The van der Waals surface area contributed by atoms with Crippen LogP contribution in [0.1, 0.15) is 45.1 Å². The Balaban J connectivity index is 1.63. The zero-order chi connectivity index (χ0) is 25.6. The third-order valence-electron chi connectivity index (χ3n) is 5.90. The van der Waals surface area contributed by atoms with Crippen molar-refractivity contribution in [1.82, 2.24) is 5.32 Å². The van der Waals surface area contributed by atoms with Gasteiger partial charge in [-0.3, -0.25) is 9.59 Å². The lowest BCUT2D eigenvalue weighted by Crippen LogP contribution is -2.48. The lowest BCUT2D eigenvalue weighted by atomic mass is 9.98. The molecule has 0 aliphatic carbocycles. The van der Waals surface area contributed by atoms with Gasteiger partial charge in [-0.15, -0.1) is 0 Å². The standard InChI is InChI=1S/C30H36N2O4/c1-3-5-14-24(4-2)29(33)32-28(22-35-21-23-12-8-6-9-13-23)30(34)31-25-17-19-27(20-18-25)36-26-15-10-7-11-16-26/h6-13,15-20,24,28H,3-5,14,21-22H2,1-2H3,(H,31,34)(H,32,33). The van der Waals surface area contributed by atoms with Crippen molar-refractivity contribution in [1.29, 1.82) is 0 Å². The Labute approximate surface area is 214 Å². The second kappa shape index (κ2) is 14.7. The fourth-order valence-electron chi connectivity index (χ4n) is 3.77. The molecule has 6 nitrogen and oxygen atoms in total. The van der Waals surface area contributed by atoms with Crippen LogP contribution in [0, 0.1) is 5.92 Å². The molecule has 0 radical (unpaired) electrons. The maximum atomic E-state index is 13.2. The molecule has 0 saturated heterocycles. The predicted octanol–water partition coefficient (Wildman–Crippen LogP) is 6.34. The first-order valence-electron chi connectivity index (χ1n) is 12.6. The highest BCUT2D eigenvalue weighted by molar-refractivity contribution is 5.97. The number of hydrogen-bond acceptors (Lipinski definition) is 4. The maximum absolute atomic E-state index is 13.2. The van der Waals surface area contributed by atoms with Crippen LogP contribution in [0.5, 0.6) is 11.5 Å². The third kappa shape index (κ3) is 8.86. The second-order valence-corrected chi connectivity index (χ2v) is 8.74. The molecule has 0 bridgehead atoms. The molecule has 2 amide bonds. The van der Waals surface area contributed by atoms with E-state index in [1.165, 1.54) is 0 Å². The van der Waals surface area contributed by atoms with E-state index in [4.69, 9.17) is 9.47 Å². The van der Waals surface area contributed by atoms with Gasteiger partial charge in [0.15, 0.2) is 0 Å². The van der Waals surface area contributed by atoms with Crippen molar-refractivity contribution in [2.24, 2.45) is 5.92 Å². The summed E-state index contributed by atoms with van der Waals surface area (Å²) < 4.78 is 11.6. The quantitative estimate of drug-likeness (QED) is 0.278. The summed E-state index contributed by atoms with van der Waals surface area (Å²) in [5, 5.41) is 5.82. The van der Waals surface area contributed by atoms with Gasteiger partial charge in [0.05, 0.1) is 13.2 Å². The van der Waals surface area contributed by atoms with Crippen LogP contribution >= 0.6 is 0 Å². The van der Waals surface area contributed by atoms with E-state index in [2.05, 4.69) is 17.6 Å². The van der Waals surface area contributed by atoms with E-state index >= 15 is 0 Å². The largest absolute Gasteiger partial charge is 0.457 e. The van der Waals surface area contributed by atoms with Crippen LogP contribution in [0.3, 0.4) is 0 Å². The van der Waals surface area contributed by atoms with E-state index in [9.17, 15) is 9.59 Å². The minimum Gasteiger partial charge on any atom is -0.457 e. The van der Waals surface area contributed by atoms with Crippen molar-refractivity contribution in [3.63, 3.8) is 0 Å². The van der Waals surface area contributed by atoms with E-state index in [1.807, 2.05) is 67.6 Å². The summed E-state index contributed by atoms with van der Waals surface area (Å²) in [6, 6.07) is 25.6. The molecule has 2 atom stereocenters. The monoisotopic (exact) mass is 488 g/mol. The van der Waals surface area contributed by atoms with E-state index in [0.717, 1.165) is 37.0 Å². The molecule has 0 heterocycles. The van der Waals surface area contributed by atoms with Crippen LogP contribution in [-0.2, 0) is 20.9 Å². The first-order valence-corrected chi connectivity index (χ1v) is 12.6. The SMILES string of the molecule is CCCCC(CC)C(=O)NC(COCc1ccccc1)C(=O)Nc1ccc(Oc2ccccc2)cc1. The molecule has 0 saturated carbocycles. The molecule has 3 aromatic carbocycles. The Kier molecular flexibility index (Phi) is 11.0.